The first kappa shape index (κ1) is 14.0. The number of aliphatic hydroxyl groups is 3. The third kappa shape index (κ3) is 2.24. The van der Waals surface area contributed by atoms with E-state index < -0.39 is 11.2 Å². The van der Waals surface area contributed by atoms with Gasteiger partial charge in [-0.15, -0.1) is 0 Å². The molecule has 2 rings (SSSR count). The fraction of sp³-hybridized carbons (Fsp3) is 0.867. The predicted octanol–water partition coefficient (Wildman–Crippen LogP) is 1.86. The quantitative estimate of drug-likeness (QED) is 0.659. The molecule has 1 fully saturated rings. The SMILES string of the molecule is CC(C)C1=C[C@H]2[C@@H](CC[C@]2(C)O)[C@@](O)(CO)CC1. The molecular formula is C15H26O3. The molecule has 2 aliphatic carbocycles. The van der Waals surface area contributed by atoms with E-state index in [2.05, 4.69) is 19.9 Å². The largest absolute Gasteiger partial charge is 0.393 e. The van der Waals surface area contributed by atoms with Gasteiger partial charge in [-0.05, 0) is 44.4 Å². The van der Waals surface area contributed by atoms with Gasteiger partial charge < -0.3 is 15.3 Å². The summed E-state index contributed by atoms with van der Waals surface area (Å²) >= 11 is 0. The molecule has 1 saturated carbocycles. The Balaban J connectivity index is 2.38. The van der Waals surface area contributed by atoms with E-state index in [0.29, 0.717) is 18.8 Å². The van der Waals surface area contributed by atoms with Crippen LogP contribution in [0.2, 0.25) is 0 Å². The number of hydrogen-bond donors (Lipinski definition) is 3. The van der Waals surface area contributed by atoms with Gasteiger partial charge in [0.1, 0.15) is 0 Å². The van der Waals surface area contributed by atoms with Crippen LogP contribution in [0.4, 0.5) is 0 Å². The van der Waals surface area contributed by atoms with Crippen molar-refractivity contribution in [1.82, 2.24) is 0 Å². The molecule has 0 amide bonds. The lowest BCUT2D eigenvalue weighted by atomic mass is 9.77. The van der Waals surface area contributed by atoms with Gasteiger partial charge in [-0.2, -0.15) is 0 Å². The van der Waals surface area contributed by atoms with Crippen LogP contribution in [0.25, 0.3) is 0 Å². The molecule has 3 N–H and O–H groups in total. The summed E-state index contributed by atoms with van der Waals surface area (Å²) in [5.74, 6) is 0.381. The van der Waals surface area contributed by atoms with Crippen LogP contribution in [0.5, 0.6) is 0 Å². The standard InChI is InChI=1S/C15H26O3/c1-10(2)11-4-7-15(18,9-16)12-5-6-14(3,17)13(12)8-11/h8,10,12-13,16-18H,4-7,9H2,1-3H3/t12-,13+,14+,15+/m1/s1. The summed E-state index contributed by atoms with van der Waals surface area (Å²) in [7, 11) is 0. The number of allylic oxidation sites excluding steroid dienone is 1. The first-order valence-electron chi connectivity index (χ1n) is 7.06. The Kier molecular flexibility index (Phi) is 3.60. The van der Waals surface area contributed by atoms with Gasteiger partial charge in [0, 0.05) is 5.92 Å². The molecule has 0 aromatic carbocycles. The zero-order valence-electron chi connectivity index (χ0n) is 11.7. The van der Waals surface area contributed by atoms with Crippen LogP contribution in [0.3, 0.4) is 0 Å². The maximum atomic E-state index is 10.7. The van der Waals surface area contributed by atoms with Crippen LogP contribution in [0.15, 0.2) is 11.6 Å². The van der Waals surface area contributed by atoms with E-state index in [-0.39, 0.29) is 18.4 Å². The van der Waals surface area contributed by atoms with Crippen molar-refractivity contribution < 1.29 is 15.3 Å². The van der Waals surface area contributed by atoms with Gasteiger partial charge in [-0.3, -0.25) is 0 Å². The molecule has 0 aromatic heterocycles. The molecule has 0 saturated heterocycles. The highest BCUT2D eigenvalue weighted by atomic mass is 16.3. The van der Waals surface area contributed by atoms with Gasteiger partial charge in [0.2, 0.25) is 0 Å². The summed E-state index contributed by atoms with van der Waals surface area (Å²) < 4.78 is 0. The van der Waals surface area contributed by atoms with E-state index in [1.807, 2.05) is 6.92 Å². The highest BCUT2D eigenvalue weighted by Gasteiger charge is 2.52. The monoisotopic (exact) mass is 254 g/mol. The van der Waals surface area contributed by atoms with Gasteiger partial charge in [-0.1, -0.05) is 25.5 Å². The Bertz CT molecular complexity index is 346. The van der Waals surface area contributed by atoms with E-state index in [1.165, 1.54) is 5.57 Å². The number of fused-ring (bicyclic) bond motifs is 1. The zero-order valence-corrected chi connectivity index (χ0v) is 11.7. The molecular weight excluding hydrogens is 228 g/mol. The lowest BCUT2D eigenvalue weighted by Gasteiger charge is -2.36. The summed E-state index contributed by atoms with van der Waals surface area (Å²) in [6, 6.07) is 0. The van der Waals surface area contributed by atoms with Gasteiger partial charge in [0.05, 0.1) is 17.8 Å². The van der Waals surface area contributed by atoms with Crippen LogP contribution in [0, 0.1) is 17.8 Å². The molecule has 0 aromatic rings. The summed E-state index contributed by atoms with van der Waals surface area (Å²) in [5.41, 5.74) is -0.479. The normalized spacial score (nSPS) is 44.7. The topological polar surface area (TPSA) is 60.7 Å². The lowest BCUT2D eigenvalue weighted by molar-refractivity contribution is -0.0858. The van der Waals surface area contributed by atoms with Crippen molar-refractivity contribution in [3.8, 4) is 0 Å². The number of rotatable bonds is 2. The Hall–Kier alpha value is -0.380. The molecule has 104 valence electrons. The summed E-state index contributed by atoms with van der Waals surface area (Å²) in [6.45, 7) is 5.94. The third-order valence-corrected chi connectivity index (χ3v) is 5.06. The first-order chi connectivity index (χ1) is 8.30. The molecule has 0 aliphatic heterocycles. The van der Waals surface area contributed by atoms with E-state index in [0.717, 1.165) is 12.8 Å². The fourth-order valence-corrected chi connectivity index (χ4v) is 3.66. The van der Waals surface area contributed by atoms with Crippen molar-refractivity contribution in [1.29, 1.82) is 0 Å². The van der Waals surface area contributed by atoms with Crippen LogP contribution in [-0.2, 0) is 0 Å². The van der Waals surface area contributed by atoms with Gasteiger partial charge >= 0.3 is 0 Å². The molecule has 0 heterocycles. The zero-order chi connectivity index (χ0) is 13.6. The highest BCUT2D eigenvalue weighted by molar-refractivity contribution is 5.19. The van der Waals surface area contributed by atoms with Gasteiger partial charge in [-0.25, -0.2) is 0 Å². The van der Waals surface area contributed by atoms with Crippen LogP contribution in [-0.4, -0.2) is 33.1 Å². The Morgan fingerprint density at radius 2 is 2.00 bits per heavy atom. The van der Waals surface area contributed by atoms with Crippen molar-refractivity contribution in [3.63, 3.8) is 0 Å². The minimum Gasteiger partial charge on any atom is -0.393 e. The van der Waals surface area contributed by atoms with Crippen LogP contribution >= 0.6 is 0 Å². The van der Waals surface area contributed by atoms with Gasteiger partial charge in [0.25, 0.3) is 0 Å². The first-order valence-corrected chi connectivity index (χ1v) is 7.06. The van der Waals surface area contributed by atoms with E-state index >= 15 is 0 Å². The number of aliphatic hydroxyl groups excluding tert-OH is 1. The lowest BCUT2D eigenvalue weighted by Crippen LogP contribution is -2.45. The van der Waals surface area contributed by atoms with Crippen molar-refractivity contribution in [3.05, 3.63) is 11.6 Å². The molecule has 3 nitrogen and oxygen atoms in total. The summed E-state index contributed by atoms with van der Waals surface area (Å²) in [4.78, 5) is 0. The van der Waals surface area contributed by atoms with E-state index in [9.17, 15) is 15.3 Å². The molecule has 3 heteroatoms. The van der Waals surface area contributed by atoms with Crippen molar-refractivity contribution in [2.45, 2.75) is 57.7 Å². The van der Waals surface area contributed by atoms with Crippen LogP contribution in [0.1, 0.15) is 46.5 Å². The van der Waals surface area contributed by atoms with E-state index in [1.54, 1.807) is 0 Å². The van der Waals surface area contributed by atoms with Crippen molar-refractivity contribution in [2.75, 3.05) is 6.61 Å². The fourth-order valence-electron chi connectivity index (χ4n) is 3.66. The average molecular weight is 254 g/mol. The second-order valence-electron chi connectivity index (χ2n) is 6.69. The highest BCUT2D eigenvalue weighted by Crippen LogP contribution is 2.50. The minimum absolute atomic E-state index is 0.0197. The summed E-state index contributed by atoms with van der Waals surface area (Å²) in [6.07, 6.45) is 5.08. The van der Waals surface area contributed by atoms with Crippen molar-refractivity contribution >= 4 is 0 Å². The molecule has 0 unspecified atom stereocenters. The smallest absolute Gasteiger partial charge is 0.0915 e. The third-order valence-electron chi connectivity index (χ3n) is 5.06. The van der Waals surface area contributed by atoms with Crippen LogP contribution < -0.4 is 0 Å². The minimum atomic E-state index is -1.03. The maximum absolute atomic E-state index is 10.7. The van der Waals surface area contributed by atoms with Gasteiger partial charge in [0.15, 0.2) is 0 Å². The Morgan fingerprint density at radius 1 is 1.33 bits per heavy atom. The Morgan fingerprint density at radius 3 is 2.56 bits per heavy atom. The second-order valence-corrected chi connectivity index (χ2v) is 6.69. The maximum Gasteiger partial charge on any atom is 0.0915 e. The molecule has 0 radical (unpaired) electrons. The summed E-state index contributed by atoms with van der Waals surface area (Å²) in [5, 5.41) is 30.7. The molecule has 18 heavy (non-hydrogen) atoms. The second kappa shape index (κ2) is 4.62. The Labute approximate surface area is 110 Å². The van der Waals surface area contributed by atoms with Crippen molar-refractivity contribution in [2.24, 2.45) is 17.8 Å². The van der Waals surface area contributed by atoms with E-state index in [4.69, 9.17) is 0 Å². The molecule has 4 atom stereocenters. The molecule has 0 spiro atoms. The average Bonchev–Trinajstić information content (AvgIpc) is 2.50. The molecule has 2 aliphatic rings. The molecule has 0 bridgehead atoms. The predicted molar refractivity (Wildman–Crippen MR) is 71.0 cm³/mol. The number of hydrogen-bond acceptors (Lipinski definition) is 3.